The van der Waals surface area contributed by atoms with Crippen molar-refractivity contribution in [3.05, 3.63) is 63.9 Å². The lowest BCUT2D eigenvalue weighted by atomic mass is 10.2. The first-order valence-electron chi connectivity index (χ1n) is 7.18. The van der Waals surface area contributed by atoms with Gasteiger partial charge < -0.3 is 9.47 Å². The third kappa shape index (κ3) is 3.91. The van der Waals surface area contributed by atoms with E-state index in [4.69, 9.17) is 21.1 Å². The van der Waals surface area contributed by atoms with Crippen LogP contribution in [0.25, 0.3) is 11.3 Å². The van der Waals surface area contributed by atoms with Crippen molar-refractivity contribution in [3.8, 4) is 22.8 Å². The van der Waals surface area contributed by atoms with Crippen LogP contribution in [-0.2, 0) is 4.74 Å². The van der Waals surface area contributed by atoms with E-state index in [2.05, 4.69) is 4.98 Å². The Balaban J connectivity index is 1.74. The van der Waals surface area contributed by atoms with Gasteiger partial charge in [-0.1, -0.05) is 11.6 Å². The van der Waals surface area contributed by atoms with Crippen molar-refractivity contribution in [3.63, 3.8) is 0 Å². The summed E-state index contributed by atoms with van der Waals surface area (Å²) in [4.78, 5) is 4.61. The Morgan fingerprint density at radius 2 is 1.61 bits per heavy atom. The van der Waals surface area contributed by atoms with E-state index in [1.807, 2.05) is 48.7 Å². The van der Waals surface area contributed by atoms with Gasteiger partial charge in [-0.25, -0.2) is 4.98 Å². The molecule has 0 saturated heterocycles. The second-order valence-electron chi connectivity index (χ2n) is 5.03. The molecule has 0 aliphatic heterocycles. The summed E-state index contributed by atoms with van der Waals surface area (Å²) in [5.41, 5.74) is 2.01. The molecule has 0 fully saturated rings. The zero-order chi connectivity index (χ0) is 16.2. The van der Waals surface area contributed by atoms with Gasteiger partial charge in [-0.15, -0.1) is 11.3 Å². The molecular formula is C18H16ClNO2S. The Bertz CT molecular complexity index is 768. The molecule has 0 aliphatic carbocycles. The smallest absolute Gasteiger partial charge is 0.127 e. The molecule has 3 aromatic rings. The minimum atomic E-state index is 0.0151. The van der Waals surface area contributed by atoms with Crippen LogP contribution in [0.3, 0.4) is 0 Å². The predicted octanol–water partition coefficient (Wildman–Crippen LogP) is 5.96. The molecule has 118 valence electrons. The number of methoxy groups -OCH3 is 1. The molecule has 0 bridgehead atoms. The fraction of sp³-hybridized carbons (Fsp3) is 0.167. The van der Waals surface area contributed by atoms with Crippen molar-refractivity contribution < 1.29 is 9.47 Å². The predicted molar refractivity (Wildman–Crippen MR) is 94.5 cm³/mol. The molecule has 2 aromatic carbocycles. The highest BCUT2D eigenvalue weighted by Crippen LogP contribution is 2.29. The number of nitrogens with zero attached hydrogens (tertiary/aromatic N) is 1. The van der Waals surface area contributed by atoms with Crippen LogP contribution >= 0.6 is 22.9 Å². The maximum atomic E-state index is 5.87. The first kappa shape index (κ1) is 16.0. The summed E-state index contributed by atoms with van der Waals surface area (Å²) in [6, 6.07) is 15.2. The largest absolute Gasteiger partial charge is 0.457 e. The minimum Gasteiger partial charge on any atom is -0.457 e. The number of aromatic nitrogens is 1. The standard InChI is InChI=1S/C18H16ClNO2S/c1-12(21-2)18-20-17(11-23-18)13-3-7-15(8-4-13)22-16-9-5-14(19)6-10-16/h3-12H,1-2H3. The molecule has 5 heteroatoms. The number of thiazole rings is 1. The van der Waals surface area contributed by atoms with Crippen molar-refractivity contribution in [1.29, 1.82) is 0 Å². The van der Waals surface area contributed by atoms with Gasteiger partial charge in [0.2, 0.25) is 0 Å². The van der Waals surface area contributed by atoms with Gasteiger partial charge in [-0.2, -0.15) is 0 Å². The second-order valence-corrected chi connectivity index (χ2v) is 6.36. The van der Waals surface area contributed by atoms with E-state index in [0.717, 1.165) is 27.8 Å². The lowest BCUT2D eigenvalue weighted by molar-refractivity contribution is 0.119. The van der Waals surface area contributed by atoms with E-state index >= 15 is 0 Å². The Hall–Kier alpha value is -1.88. The van der Waals surface area contributed by atoms with Crippen LogP contribution in [0.15, 0.2) is 53.9 Å². The van der Waals surface area contributed by atoms with Crippen molar-refractivity contribution >= 4 is 22.9 Å². The molecule has 0 spiro atoms. The maximum Gasteiger partial charge on any atom is 0.127 e. The number of benzene rings is 2. The molecule has 0 amide bonds. The van der Waals surface area contributed by atoms with Gasteiger partial charge in [0, 0.05) is 23.1 Å². The molecule has 1 aromatic heterocycles. The maximum absolute atomic E-state index is 5.87. The van der Waals surface area contributed by atoms with E-state index in [1.165, 1.54) is 0 Å². The van der Waals surface area contributed by atoms with E-state index < -0.39 is 0 Å². The fourth-order valence-corrected chi connectivity index (χ4v) is 3.03. The van der Waals surface area contributed by atoms with Crippen molar-refractivity contribution in [2.24, 2.45) is 0 Å². The van der Waals surface area contributed by atoms with Crippen LogP contribution in [-0.4, -0.2) is 12.1 Å². The van der Waals surface area contributed by atoms with E-state index in [1.54, 1.807) is 30.6 Å². The zero-order valence-corrected chi connectivity index (χ0v) is 14.4. The highest BCUT2D eigenvalue weighted by molar-refractivity contribution is 7.10. The first-order valence-corrected chi connectivity index (χ1v) is 8.43. The fourth-order valence-electron chi connectivity index (χ4n) is 2.04. The summed E-state index contributed by atoms with van der Waals surface area (Å²) < 4.78 is 11.1. The highest BCUT2D eigenvalue weighted by atomic mass is 35.5. The summed E-state index contributed by atoms with van der Waals surface area (Å²) in [5, 5.41) is 3.71. The Labute approximate surface area is 144 Å². The van der Waals surface area contributed by atoms with E-state index in [0.29, 0.717) is 5.02 Å². The van der Waals surface area contributed by atoms with Crippen LogP contribution in [0, 0.1) is 0 Å². The van der Waals surface area contributed by atoms with Crippen LogP contribution in [0.4, 0.5) is 0 Å². The van der Waals surface area contributed by atoms with Crippen LogP contribution < -0.4 is 4.74 Å². The Kier molecular flexibility index (Phi) is 4.96. The molecule has 0 N–H and O–H groups in total. The summed E-state index contributed by atoms with van der Waals surface area (Å²) >= 11 is 7.47. The van der Waals surface area contributed by atoms with Crippen molar-refractivity contribution in [1.82, 2.24) is 4.98 Å². The number of halogens is 1. The highest BCUT2D eigenvalue weighted by Gasteiger charge is 2.10. The average Bonchev–Trinajstić information content (AvgIpc) is 3.07. The lowest BCUT2D eigenvalue weighted by Gasteiger charge is -2.06. The van der Waals surface area contributed by atoms with E-state index in [-0.39, 0.29) is 6.10 Å². The Morgan fingerprint density at radius 3 is 2.22 bits per heavy atom. The molecule has 1 heterocycles. The van der Waals surface area contributed by atoms with E-state index in [9.17, 15) is 0 Å². The van der Waals surface area contributed by atoms with Gasteiger partial charge in [0.05, 0.1) is 5.69 Å². The Morgan fingerprint density at radius 1 is 1.00 bits per heavy atom. The summed E-state index contributed by atoms with van der Waals surface area (Å²) in [7, 11) is 1.69. The molecule has 1 unspecified atom stereocenters. The second kappa shape index (κ2) is 7.13. The van der Waals surface area contributed by atoms with Crippen molar-refractivity contribution in [2.45, 2.75) is 13.0 Å². The van der Waals surface area contributed by atoms with Gasteiger partial charge in [0.15, 0.2) is 0 Å². The van der Waals surface area contributed by atoms with Crippen LogP contribution in [0.2, 0.25) is 5.02 Å². The zero-order valence-electron chi connectivity index (χ0n) is 12.8. The van der Waals surface area contributed by atoms with Crippen molar-refractivity contribution in [2.75, 3.05) is 7.11 Å². The molecule has 0 aliphatic rings. The molecule has 0 saturated carbocycles. The molecule has 3 rings (SSSR count). The van der Waals surface area contributed by atoms with Crippen LogP contribution in [0.5, 0.6) is 11.5 Å². The number of hydrogen-bond acceptors (Lipinski definition) is 4. The molecule has 23 heavy (non-hydrogen) atoms. The van der Waals surface area contributed by atoms with Crippen LogP contribution in [0.1, 0.15) is 18.0 Å². The lowest BCUT2D eigenvalue weighted by Crippen LogP contribution is -1.94. The normalized spacial score (nSPS) is 12.1. The topological polar surface area (TPSA) is 31.4 Å². The van der Waals surface area contributed by atoms with Gasteiger partial charge in [0.1, 0.15) is 22.6 Å². The summed E-state index contributed by atoms with van der Waals surface area (Å²) in [6.07, 6.45) is 0.0151. The first-order chi connectivity index (χ1) is 11.2. The number of rotatable bonds is 5. The SMILES string of the molecule is COC(C)c1nc(-c2ccc(Oc3ccc(Cl)cc3)cc2)cs1. The van der Waals surface area contributed by atoms with Gasteiger partial charge in [-0.05, 0) is 55.5 Å². The van der Waals surface area contributed by atoms with Gasteiger partial charge in [0.25, 0.3) is 0 Å². The molecular weight excluding hydrogens is 330 g/mol. The quantitative estimate of drug-likeness (QED) is 0.571. The van der Waals surface area contributed by atoms with Gasteiger partial charge >= 0.3 is 0 Å². The van der Waals surface area contributed by atoms with Gasteiger partial charge in [-0.3, -0.25) is 0 Å². The third-order valence-corrected chi connectivity index (χ3v) is 4.68. The monoisotopic (exact) mass is 345 g/mol. The summed E-state index contributed by atoms with van der Waals surface area (Å²) in [5.74, 6) is 1.53. The minimum absolute atomic E-state index is 0.0151. The molecule has 3 nitrogen and oxygen atoms in total. The third-order valence-electron chi connectivity index (χ3n) is 3.42. The number of ether oxygens (including phenoxy) is 2. The average molecular weight is 346 g/mol. The molecule has 0 radical (unpaired) electrons. The summed E-state index contributed by atoms with van der Waals surface area (Å²) in [6.45, 7) is 1.99. The molecule has 1 atom stereocenters. The number of hydrogen-bond donors (Lipinski definition) is 0.